The maximum Gasteiger partial charge on any atom is 0.0656 e. The van der Waals surface area contributed by atoms with Crippen molar-refractivity contribution in [2.45, 2.75) is 193 Å². The molecule has 0 radical (unpaired) electrons. The first-order chi connectivity index (χ1) is 35.5. The summed E-state index contributed by atoms with van der Waals surface area (Å²) in [5.41, 5.74) is 15.3. The minimum atomic E-state index is 0.0657. The topological polar surface area (TPSA) is 23.8 Å². The molecule has 7 rings (SSSR count). The first kappa shape index (κ1) is 56.2. The molecule has 2 aliphatic carbocycles. The summed E-state index contributed by atoms with van der Waals surface area (Å²) in [5, 5.41) is 10.1. The van der Waals surface area contributed by atoms with Crippen molar-refractivity contribution in [3.8, 4) is 6.07 Å². The van der Waals surface area contributed by atoms with Crippen LogP contribution in [0.4, 0.5) is 0 Å². The predicted octanol–water partition coefficient (Wildman–Crippen LogP) is 20.5. The van der Waals surface area contributed by atoms with Crippen molar-refractivity contribution in [2.75, 3.05) is 5.75 Å². The summed E-state index contributed by atoms with van der Waals surface area (Å²) in [7, 11) is 0. The van der Waals surface area contributed by atoms with E-state index in [0.29, 0.717) is 11.8 Å². The van der Waals surface area contributed by atoms with Crippen molar-refractivity contribution in [2.24, 2.45) is 35.5 Å². The third-order valence-corrected chi connectivity index (χ3v) is 19.1. The summed E-state index contributed by atoms with van der Waals surface area (Å²) in [6.45, 7) is 20.8. The van der Waals surface area contributed by atoms with Crippen LogP contribution in [0.15, 0.2) is 139 Å². The molecule has 2 saturated carbocycles. The highest BCUT2D eigenvalue weighted by molar-refractivity contribution is 7.99. The fourth-order valence-electron chi connectivity index (χ4n) is 11.7. The van der Waals surface area contributed by atoms with Crippen molar-refractivity contribution in [3.05, 3.63) is 185 Å². The SMILES string of the molecule is C=C(CC1CCC(c2ccc(CCC(C)CC)cc2)CC1)c1ccc(CCC(C)CSc2ccc(CCC(C#N)CCc3ccc(C(=C)CC4CCC(c5ccc(CCC(C)CC)cc5)CC4)cc3)cc2)cc1. The number of nitrogens with zero attached hydrogens (tertiary/aromatic N) is 1. The Morgan fingerprint density at radius 2 is 0.795 bits per heavy atom. The molecule has 0 aliphatic heterocycles. The van der Waals surface area contributed by atoms with Crippen LogP contribution < -0.4 is 0 Å². The number of aryl methyl sites for hydroxylation is 5. The second-order valence-electron chi connectivity index (χ2n) is 23.5. The third kappa shape index (κ3) is 18.3. The Bertz CT molecular complexity index is 2420. The number of benzene rings is 5. The Balaban J connectivity index is 0.733. The van der Waals surface area contributed by atoms with E-state index in [2.05, 4.69) is 175 Å². The highest BCUT2D eigenvalue weighted by Gasteiger charge is 2.25. The van der Waals surface area contributed by atoms with Gasteiger partial charge in [0.05, 0.1) is 6.07 Å². The largest absolute Gasteiger partial charge is 0.198 e. The lowest BCUT2D eigenvalue weighted by atomic mass is 9.76. The molecule has 388 valence electrons. The van der Waals surface area contributed by atoms with Crippen LogP contribution in [0, 0.1) is 46.8 Å². The van der Waals surface area contributed by atoms with Crippen molar-refractivity contribution in [1.82, 2.24) is 0 Å². The van der Waals surface area contributed by atoms with Gasteiger partial charge >= 0.3 is 0 Å². The van der Waals surface area contributed by atoms with Crippen LogP contribution >= 0.6 is 11.8 Å². The van der Waals surface area contributed by atoms with Gasteiger partial charge in [-0.15, -0.1) is 11.8 Å². The van der Waals surface area contributed by atoms with E-state index >= 15 is 0 Å². The van der Waals surface area contributed by atoms with E-state index in [0.717, 1.165) is 80.3 Å². The van der Waals surface area contributed by atoms with Crippen LogP contribution in [0.2, 0.25) is 0 Å². The number of allylic oxidation sites excluding steroid dienone is 2. The van der Waals surface area contributed by atoms with Gasteiger partial charge in [0, 0.05) is 16.6 Å². The van der Waals surface area contributed by atoms with E-state index < -0.39 is 0 Å². The molecule has 5 aromatic rings. The Morgan fingerprint density at radius 3 is 1.15 bits per heavy atom. The zero-order chi connectivity index (χ0) is 51.4. The molecule has 0 N–H and O–H groups in total. The molecular weight excluding hydrogens is 899 g/mol. The zero-order valence-electron chi connectivity index (χ0n) is 46.2. The fourth-order valence-corrected chi connectivity index (χ4v) is 12.7. The molecular formula is C71H93NS. The van der Waals surface area contributed by atoms with Crippen LogP contribution in [0.5, 0.6) is 0 Å². The minimum absolute atomic E-state index is 0.0657. The lowest BCUT2D eigenvalue weighted by Crippen LogP contribution is -2.13. The number of nitriles is 1. The van der Waals surface area contributed by atoms with Gasteiger partial charge in [-0.2, -0.15) is 5.26 Å². The summed E-state index contributed by atoms with van der Waals surface area (Å²) >= 11 is 1.98. The van der Waals surface area contributed by atoms with Crippen LogP contribution in [0.3, 0.4) is 0 Å². The average molecular weight is 993 g/mol. The van der Waals surface area contributed by atoms with Crippen LogP contribution in [0.1, 0.15) is 206 Å². The molecule has 5 aromatic carbocycles. The monoisotopic (exact) mass is 992 g/mol. The summed E-state index contributed by atoms with van der Waals surface area (Å²) in [4.78, 5) is 1.34. The van der Waals surface area contributed by atoms with Crippen molar-refractivity contribution in [1.29, 1.82) is 5.26 Å². The number of thioether (sulfide) groups is 1. The van der Waals surface area contributed by atoms with Crippen molar-refractivity contribution < 1.29 is 0 Å². The second-order valence-corrected chi connectivity index (χ2v) is 24.6. The molecule has 0 bridgehead atoms. The Labute approximate surface area is 450 Å². The Morgan fingerprint density at radius 1 is 0.466 bits per heavy atom. The maximum atomic E-state index is 10.1. The molecule has 73 heavy (non-hydrogen) atoms. The highest BCUT2D eigenvalue weighted by atomic mass is 32.2. The molecule has 0 spiro atoms. The van der Waals surface area contributed by atoms with E-state index in [-0.39, 0.29) is 5.92 Å². The molecule has 0 amide bonds. The van der Waals surface area contributed by atoms with Gasteiger partial charge in [0.2, 0.25) is 0 Å². The Kier molecular flexibility index (Phi) is 22.7. The quantitative estimate of drug-likeness (QED) is 0.0466. The lowest BCUT2D eigenvalue weighted by Gasteiger charge is -2.29. The fraction of sp³-hybridized carbons (Fsp3) is 0.507. The molecule has 0 saturated heterocycles. The smallest absolute Gasteiger partial charge is 0.0656 e. The van der Waals surface area contributed by atoms with Crippen LogP contribution in [-0.2, 0) is 32.1 Å². The van der Waals surface area contributed by atoms with Gasteiger partial charge in [0.15, 0.2) is 0 Å². The lowest BCUT2D eigenvalue weighted by molar-refractivity contribution is 0.331. The first-order valence-electron chi connectivity index (χ1n) is 29.4. The van der Waals surface area contributed by atoms with Gasteiger partial charge in [-0.25, -0.2) is 0 Å². The molecule has 1 nitrogen and oxygen atoms in total. The molecule has 0 aromatic heterocycles. The summed E-state index contributed by atoms with van der Waals surface area (Å²) in [5.74, 6) is 6.37. The van der Waals surface area contributed by atoms with Crippen molar-refractivity contribution >= 4 is 22.9 Å². The molecule has 2 heteroatoms. The van der Waals surface area contributed by atoms with Crippen molar-refractivity contribution in [3.63, 3.8) is 0 Å². The van der Waals surface area contributed by atoms with Gasteiger partial charge < -0.3 is 0 Å². The second kappa shape index (κ2) is 29.5. The minimum Gasteiger partial charge on any atom is -0.198 e. The van der Waals surface area contributed by atoms with E-state index in [1.54, 1.807) is 5.56 Å². The standard InChI is InChI=1S/C71H93NS/c1-8-52(3)10-13-57-24-38-67(39-25-57)69-42-28-62(29-43-69)48-55(6)65-34-20-59(21-35-65)15-12-54(5)51-73-71-46-32-61(33-47-71)17-19-64(50-72)18-16-60-22-36-66(37-23-60)56(7)49-63-30-44-70(45-31-63)68-40-26-58(27-41-68)14-11-53(4)9-2/h20-27,32-41,46-47,52-54,62-64,69-70H,6-19,28-31,42-45,48-49,51H2,1-5H3. The predicted molar refractivity (Wildman–Crippen MR) is 318 cm³/mol. The van der Waals surface area contributed by atoms with Gasteiger partial charge in [-0.05, 0) is 243 Å². The van der Waals surface area contributed by atoms with E-state index in [1.807, 2.05) is 11.8 Å². The average Bonchev–Trinajstić information content (AvgIpc) is 3.44. The summed E-state index contributed by atoms with van der Waals surface area (Å²) in [6, 6.07) is 49.4. The van der Waals surface area contributed by atoms with E-state index in [4.69, 9.17) is 0 Å². The van der Waals surface area contributed by atoms with Gasteiger partial charge in [0.25, 0.3) is 0 Å². The molecule has 0 heterocycles. The summed E-state index contributed by atoms with van der Waals surface area (Å²) < 4.78 is 0. The normalized spacial score (nSPS) is 19.6. The number of hydrogen-bond donors (Lipinski definition) is 0. The molecule has 2 fully saturated rings. The van der Waals surface area contributed by atoms with Gasteiger partial charge in [-0.3, -0.25) is 0 Å². The highest BCUT2D eigenvalue weighted by Crippen LogP contribution is 2.41. The van der Waals surface area contributed by atoms with Crippen LogP contribution in [0.25, 0.3) is 11.1 Å². The molecule has 4 unspecified atom stereocenters. The summed E-state index contributed by atoms with van der Waals surface area (Å²) in [6.07, 6.45) is 26.2. The van der Waals surface area contributed by atoms with Gasteiger partial charge in [0.1, 0.15) is 0 Å². The van der Waals surface area contributed by atoms with Crippen LogP contribution in [-0.4, -0.2) is 5.75 Å². The number of hydrogen-bond acceptors (Lipinski definition) is 2. The Hall–Kier alpha value is -4.58. The van der Waals surface area contributed by atoms with E-state index in [9.17, 15) is 5.26 Å². The number of rotatable bonds is 28. The van der Waals surface area contributed by atoms with E-state index in [1.165, 1.54) is 157 Å². The van der Waals surface area contributed by atoms with Gasteiger partial charge in [-0.1, -0.05) is 170 Å². The third-order valence-electron chi connectivity index (χ3n) is 17.8. The maximum absolute atomic E-state index is 10.1. The zero-order valence-corrected chi connectivity index (χ0v) is 47.0. The molecule has 4 atom stereocenters. The first-order valence-corrected chi connectivity index (χ1v) is 30.4. The molecule has 2 aliphatic rings.